The fraction of sp³-hybridized carbons (Fsp3) is 0.565. The molecule has 2 fully saturated rings. The molecule has 5 rings (SSSR count). The van der Waals surface area contributed by atoms with Crippen molar-refractivity contribution in [1.82, 2.24) is 29.6 Å². The van der Waals surface area contributed by atoms with Crippen molar-refractivity contribution in [2.45, 2.75) is 55.6 Å². The number of methoxy groups -OCH3 is 1. The summed E-state index contributed by atoms with van der Waals surface area (Å²) in [5.74, 6) is 0.0764. The summed E-state index contributed by atoms with van der Waals surface area (Å²) in [7, 11) is -2.51. The second-order valence-corrected chi connectivity index (χ2v) is 13.2. The lowest BCUT2D eigenvalue weighted by Crippen LogP contribution is -2.63. The number of ether oxygens (including phenoxy) is 1. The minimum atomic E-state index is -4.13. The van der Waals surface area contributed by atoms with Crippen LogP contribution in [0.25, 0.3) is 16.3 Å². The highest BCUT2D eigenvalue weighted by molar-refractivity contribution is 7.89. The van der Waals surface area contributed by atoms with E-state index in [0.717, 1.165) is 0 Å². The predicted octanol–water partition coefficient (Wildman–Crippen LogP) is 2.57. The molecule has 1 aliphatic carbocycles. The number of sulfonamides is 1. The molecular formula is C23H28F2N8O3S2. The van der Waals surface area contributed by atoms with Crippen LogP contribution < -0.4 is 14.9 Å². The first-order chi connectivity index (χ1) is 17.9. The van der Waals surface area contributed by atoms with Crippen LogP contribution in [-0.4, -0.2) is 71.9 Å². The minimum absolute atomic E-state index is 0.0319. The normalized spacial score (nSPS) is 25.2. The van der Waals surface area contributed by atoms with Crippen molar-refractivity contribution in [3.05, 3.63) is 23.5 Å². The quantitative estimate of drug-likeness (QED) is 0.421. The Morgan fingerprint density at radius 3 is 2.74 bits per heavy atom. The smallest absolute Gasteiger partial charge is 0.291 e. The van der Waals surface area contributed by atoms with Crippen molar-refractivity contribution in [2.24, 2.45) is 5.92 Å². The van der Waals surface area contributed by atoms with Crippen LogP contribution >= 0.6 is 11.3 Å². The van der Waals surface area contributed by atoms with Gasteiger partial charge in [-0.2, -0.15) is 9.98 Å². The van der Waals surface area contributed by atoms with Gasteiger partial charge in [-0.3, -0.25) is 4.40 Å². The van der Waals surface area contributed by atoms with Crippen LogP contribution in [0.5, 0.6) is 0 Å². The number of anilines is 1. The highest BCUT2D eigenvalue weighted by Gasteiger charge is 2.54. The van der Waals surface area contributed by atoms with Gasteiger partial charge in [-0.25, -0.2) is 22.2 Å². The Hall–Kier alpha value is -2.77. The SMILES string of the molecule is COCC1CN(c2cc(S(=O)(=O)N[C@@]3(C#N)C[C@H]3C)cn3c(-c4nnc(C(F)F)s4)ncc23)CC(C)(C)N1. The summed E-state index contributed by atoms with van der Waals surface area (Å²) in [5, 5.41) is 20.3. The van der Waals surface area contributed by atoms with Crippen LogP contribution in [0.1, 0.15) is 38.6 Å². The molecule has 1 saturated carbocycles. The standard InChI is InChI=1S/C23H28F2N8O3S2/c1-13-6-23(13,11-26)31-38(34,35)15-5-16(32-8-14(10-36-4)28-22(2,3)12-32)17-7-27-19(33(17)9-15)21-30-29-20(37-21)18(24)25/h5,7,9,13-14,18,28,31H,6,8,10,12H2,1-4H3/t13-,14?,23-/m1/s1. The molecule has 1 unspecified atom stereocenters. The molecule has 0 amide bonds. The van der Waals surface area contributed by atoms with Crippen molar-refractivity contribution < 1.29 is 21.9 Å². The molecule has 0 aromatic carbocycles. The molecule has 11 nitrogen and oxygen atoms in total. The van der Waals surface area contributed by atoms with E-state index < -0.39 is 27.0 Å². The van der Waals surface area contributed by atoms with E-state index in [1.807, 2.05) is 20.8 Å². The Kier molecular flexibility index (Phi) is 6.67. The van der Waals surface area contributed by atoms with Gasteiger partial charge in [0.15, 0.2) is 15.8 Å². The lowest BCUT2D eigenvalue weighted by Gasteiger charge is -2.45. The number of alkyl halides is 2. The molecule has 0 spiro atoms. The molecule has 1 saturated heterocycles. The summed E-state index contributed by atoms with van der Waals surface area (Å²) in [6.45, 7) is 7.42. The third-order valence-electron chi connectivity index (χ3n) is 6.88. The third-order valence-corrected chi connectivity index (χ3v) is 9.28. The Bertz CT molecular complexity index is 1520. The van der Waals surface area contributed by atoms with Gasteiger partial charge in [0.1, 0.15) is 10.4 Å². The van der Waals surface area contributed by atoms with Gasteiger partial charge >= 0.3 is 0 Å². The van der Waals surface area contributed by atoms with E-state index in [1.165, 1.54) is 10.6 Å². The van der Waals surface area contributed by atoms with Crippen LogP contribution in [0.4, 0.5) is 14.5 Å². The van der Waals surface area contributed by atoms with Gasteiger partial charge in [0.05, 0.1) is 30.1 Å². The maximum atomic E-state index is 13.6. The second-order valence-electron chi connectivity index (χ2n) is 10.5. The second kappa shape index (κ2) is 9.45. The molecule has 204 valence electrons. The van der Waals surface area contributed by atoms with Crippen LogP contribution in [0, 0.1) is 17.2 Å². The summed E-state index contributed by atoms with van der Waals surface area (Å²) in [6.07, 6.45) is 0.579. The Morgan fingerprint density at radius 1 is 1.39 bits per heavy atom. The molecule has 3 aromatic rings. The lowest BCUT2D eigenvalue weighted by molar-refractivity contribution is 0.140. The van der Waals surface area contributed by atoms with E-state index in [9.17, 15) is 22.5 Å². The zero-order chi connectivity index (χ0) is 27.5. The van der Waals surface area contributed by atoms with Crippen LogP contribution in [0.3, 0.4) is 0 Å². The van der Waals surface area contributed by atoms with E-state index in [4.69, 9.17) is 4.74 Å². The average Bonchev–Trinajstić information content (AvgIpc) is 3.21. The fourth-order valence-electron chi connectivity index (χ4n) is 5.00. The molecule has 0 bridgehead atoms. The Labute approximate surface area is 222 Å². The Morgan fingerprint density at radius 2 is 2.13 bits per heavy atom. The monoisotopic (exact) mass is 566 g/mol. The zero-order valence-corrected chi connectivity index (χ0v) is 22.9. The number of hydrogen-bond donors (Lipinski definition) is 2. The first kappa shape index (κ1) is 26.8. The average molecular weight is 567 g/mol. The van der Waals surface area contributed by atoms with E-state index in [2.05, 4.69) is 36.2 Å². The van der Waals surface area contributed by atoms with Crippen molar-refractivity contribution in [2.75, 3.05) is 31.7 Å². The van der Waals surface area contributed by atoms with Crippen LogP contribution in [0.2, 0.25) is 0 Å². The lowest BCUT2D eigenvalue weighted by atomic mass is 9.98. The molecule has 3 atom stereocenters. The van der Waals surface area contributed by atoms with E-state index >= 15 is 0 Å². The Balaban J connectivity index is 1.66. The van der Waals surface area contributed by atoms with Crippen molar-refractivity contribution in [3.8, 4) is 16.9 Å². The van der Waals surface area contributed by atoms with Crippen molar-refractivity contribution in [3.63, 3.8) is 0 Å². The predicted molar refractivity (Wildman–Crippen MR) is 137 cm³/mol. The van der Waals surface area contributed by atoms with Crippen LogP contribution in [0.15, 0.2) is 23.4 Å². The molecule has 15 heteroatoms. The van der Waals surface area contributed by atoms with E-state index in [0.29, 0.717) is 48.7 Å². The van der Waals surface area contributed by atoms with Gasteiger partial charge in [-0.05, 0) is 32.3 Å². The summed E-state index contributed by atoms with van der Waals surface area (Å²) >= 11 is 0.695. The molecule has 3 aromatic heterocycles. The largest absolute Gasteiger partial charge is 0.383 e. The number of fused-ring (bicyclic) bond motifs is 1. The first-order valence-electron chi connectivity index (χ1n) is 12.0. The first-order valence-corrected chi connectivity index (χ1v) is 14.3. The molecular weight excluding hydrogens is 538 g/mol. The number of piperazine rings is 1. The molecule has 0 radical (unpaired) electrons. The number of hydrogen-bond acceptors (Lipinski definition) is 10. The summed E-state index contributed by atoms with van der Waals surface area (Å²) in [5.41, 5.74) is -0.307. The maximum Gasteiger partial charge on any atom is 0.291 e. The minimum Gasteiger partial charge on any atom is -0.383 e. The molecule has 38 heavy (non-hydrogen) atoms. The van der Waals surface area contributed by atoms with Crippen molar-refractivity contribution >= 4 is 32.6 Å². The number of halogens is 2. The number of imidazole rings is 1. The molecule has 2 N–H and O–H groups in total. The molecule has 1 aliphatic heterocycles. The van der Waals surface area contributed by atoms with Gasteiger partial charge in [0.2, 0.25) is 10.0 Å². The number of nitrogens with zero attached hydrogens (tertiary/aromatic N) is 6. The summed E-state index contributed by atoms with van der Waals surface area (Å²) < 4.78 is 63.0. The van der Waals surface area contributed by atoms with E-state index in [-0.39, 0.29) is 33.2 Å². The highest BCUT2D eigenvalue weighted by atomic mass is 32.2. The van der Waals surface area contributed by atoms with Gasteiger partial charge in [0, 0.05) is 38.0 Å². The molecule has 4 heterocycles. The summed E-state index contributed by atoms with van der Waals surface area (Å²) in [6, 6.07) is 3.62. The van der Waals surface area contributed by atoms with Crippen molar-refractivity contribution in [1.29, 1.82) is 5.26 Å². The van der Waals surface area contributed by atoms with Gasteiger partial charge in [-0.1, -0.05) is 18.3 Å². The third kappa shape index (κ3) is 4.87. The van der Waals surface area contributed by atoms with E-state index in [1.54, 1.807) is 19.4 Å². The van der Waals surface area contributed by atoms with Crippen LogP contribution in [-0.2, 0) is 14.8 Å². The van der Waals surface area contributed by atoms with Gasteiger partial charge in [-0.15, -0.1) is 10.2 Å². The molecule has 2 aliphatic rings. The number of aromatic nitrogens is 4. The number of nitriles is 1. The zero-order valence-electron chi connectivity index (χ0n) is 21.3. The fourth-order valence-corrected chi connectivity index (χ4v) is 7.13. The van der Waals surface area contributed by atoms with Gasteiger partial charge in [0.25, 0.3) is 6.43 Å². The highest BCUT2D eigenvalue weighted by Crippen LogP contribution is 2.44. The summed E-state index contributed by atoms with van der Waals surface area (Å²) in [4.78, 5) is 6.40. The van der Waals surface area contributed by atoms with Gasteiger partial charge < -0.3 is 15.0 Å². The maximum absolute atomic E-state index is 13.6. The number of pyridine rings is 1. The number of rotatable bonds is 8. The topological polar surface area (TPSA) is 138 Å². The number of nitrogens with one attached hydrogen (secondary N) is 2.